The lowest BCUT2D eigenvalue weighted by Gasteiger charge is -2.24. The molecule has 0 amide bonds. The van der Waals surface area contributed by atoms with Crippen LogP contribution in [0, 0.1) is 6.92 Å². The van der Waals surface area contributed by atoms with E-state index in [0.29, 0.717) is 0 Å². The van der Waals surface area contributed by atoms with Crippen molar-refractivity contribution >= 4 is 15.9 Å². The van der Waals surface area contributed by atoms with E-state index in [1.165, 1.54) is 5.69 Å². The van der Waals surface area contributed by atoms with E-state index in [9.17, 15) is 0 Å². The molecule has 1 N–H and O–H groups in total. The summed E-state index contributed by atoms with van der Waals surface area (Å²) in [5, 5.41) is 7.90. The van der Waals surface area contributed by atoms with E-state index >= 15 is 0 Å². The zero-order valence-electron chi connectivity index (χ0n) is 10.2. The smallest absolute Gasteiger partial charge is 0.0739 e. The standard InChI is InChI=1S/C11H20BrN3/c1-6-11(3,4)13-7-9-10(12)8(2)14-15(9)5/h13H,6-7H2,1-5H3. The molecule has 0 aliphatic heterocycles. The summed E-state index contributed by atoms with van der Waals surface area (Å²) in [4.78, 5) is 0. The van der Waals surface area contributed by atoms with Gasteiger partial charge >= 0.3 is 0 Å². The zero-order chi connectivity index (χ0) is 11.6. The number of rotatable bonds is 4. The molecule has 0 spiro atoms. The number of hydrogen-bond acceptors (Lipinski definition) is 2. The van der Waals surface area contributed by atoms with Crippen molar-refractivity contribution in [2.24, 2.45) is 7.05 Å². The van der Waals surface area contributed by atoms with E-state index in [4.69, 9.17) is 0 Å². The Morgan fingerprint density at radius 3 is 2.47 bits per heavy atom. The molecular formula is C11H20BrN3. The van der Waals surface area contributed by atoms with E-state index < -0.39 is 0 Å². The van der Waals surface area contributed by atoms with Crippen molar-refractivity contribution in [2.75, 3.05) is 0 Å². The molecule has 0 atom stereocenters. The van der Waals surface area contributed by atoms with Crippen LogP contribution in [0.15, 0.2) is 4.47 Å². The van der Waals surface area contributed by atoms with Crippen molar-refractivity contribution < 1.29 is 0 Å². The molecule has 0 radical (unpaired) electrons. The van der Waals surface area contributed by atoms with Crippen LogP contribution < -0.4 is 5.32 Å². The highest BCUT2D eigenvalue weighted by molar-refractivity contribution is 9.10. The second-order valence-electron chi connectivity index (χ2n) is 4.56. The van der Waals surface area contributed by atoms with E-state index in [-0.39, 0.29) is 5.54 Å². The first-order valence-corrected chi connectivity index (χ1v) is 6.09. The maximum absolute atomic E-state index is 4.37. The fraction of sp³-hybridized carbons (Fsp3) is 0.727. The Hall–Kier alpha value is -0.350. The van der Waals surface area contributed by atoms with Crippen LogP contribution in [-0.2, 0) is 13.6 Å². The number of halogens is 1. The van der Waals surface area contributed by atoms with Crippen LogP contribution in [0.2, 0.25) is 0 Å². The minimum atomic E-state index is 0.178. The Morgan fingerprint density at radius 1 is 1.47 bits per heavy atom. The zero-order valence-corrected chi connectivity index (χ0v) is 11.8. The topological polar surface area (TPSA) is 29.9 Å². The largest absolute Gasteiger partial charge is 0.306 e. The molecule has 1 aromatic heterocycles. The molecule has 1 rings (SSSR count). The molecule has 1 aromatic rings. The molecule has 86 valence electrons. The van der Waals surface area contributed by atoms with E-state index in [1.54, 1.807) is 0 Å². The molecule has 15 heavy (non-hydrogen) atoms. The van der Waals surface area contributed by atoms with Crippen molar-refractivity contribution in [1.29, 1.82) is 0 Å². The number of aromatic nitrogens is 2. The predicted molar refractivity (Wildman–Crippen MR) is 66.9 cm³/mol. The summed E-state index contributed by atoms with van der Waals surface area (Å²) in [6.07, 6.45) is 1.11. The summed E-state index contributed by atoms with van der Waals surface area (Å²) in [5.41, 5.74) is 2.43. The third kappa shape index (κ3) is 3.05. The highest BCUT2D eigenvalue weighted by Gasteiger charge is 2.16. The van der Waals surface area contributed by atoms with Crippen LogP contribution in [0.4, 0.5) is 0 Å². The van der Waals surface area contributed by atoms with Crippen molar-refractivity contribution in [3.8, 4) is 0 Å². The monoisotopic (exact) mass is 273 g/mol. The molecule has 0 aliphatic rings. The lowest BCUT2D eigenvalue weighted by molar-refractivity contribution is 0.368. The van der Waals surface area contributed by atoms with Crippen molar-refractivity contribution in [3.63, 3.8) is 0 Å². The van der Waals surface area contributed by atoms with Crippen LogP contribution in [0.25, 0.3) is 0 Å². The Labute approximate surface area is 100 Å². The summed E-state index contributed by atoms with van der Waals surface area (Å²) >= 11 is 3.57. The van der Waals surface area contributed by atoms with Crippen LogP contribution >= 0.6 is 15.9 Å². The van der Waals surface area contributed by atoms with Gasteiger partial charge in [0.25, 0.3) is 0 Å². The number of nitrogens with one attached hydrogen (secondary N) is 1. The molecule has 0 saturated carbocycles. The van der Waals surface area contributed by atoms with Crippen molar-refractivity contribution in [2.45, 2.75) is 46.2 Å². The van der Waals surface area contributed by atoms with Crippen molar-refractivity contribution in [3.05, 3.63) is 15.9 Å². The van der Waals surface area contributed by atoms with Crippen LogP contribution in [-0.4, -0.2) is 15.3 Å². The molecule has 0 fully saturated rings. The maximum Gasteiger partial charge on any atom is 0.0739 e. The average Bonchev–Trinajstić information content (AvgIpc) is 2.39. The number of nitrogens with zero attached hydrogens (tertiary/aromatic N) is 2. The summed E-state index contributed by atoms with van der Waals surface area (Å²) in [6.45, 7) is 9.47. The Bertz CT molecular complexity index is 342. The first-order chi connectivity index (χ1) is 6.87. The average molecular weight is 274 g/mol. The molecule has 0 aromatic carbocycles. The second-order valence-corrected chi connectivity index (χ2v) is 5.35. The molecule has 0 saturated heterocycles. The first-order valence-electron chi connectivity index (χ1n) is 5.30. The molecular weight excluding hydrogens is 254 g/mol. The normalized spacial score (nSPS) is 12.1. The Balaban J connectivity index is 2.73. The summed E-state index contributed by atoms with van der Waals surface area (Å²) in [7, 11) is 1.98. The molecule has 0 bridgehead atoms. The van der Waals surface area contributed by atoms with Gasteiger partial charge in [-0.1, -0.05) is 6.92 Å². The first kappa shape index (κ1) is 12.7. The predicted octanol–water partition coefficient (Wildman–Crippen LogP) is 2.77. The van der Waals surface area contributed by atoms with Gasteiger partial charge in [-0.15, -0.1) is 0 Å². The van der Waals surface area contributed by atoms with Crippen LogP contribution in [0.1, 0.15) is 38.6 Å². The highest BCUT2D eigenvalue weighted by Crippen LogP contribution is 2.20. The minimum absolute atomic E-state index is 0.178. The lowest BCUT2D eigenvalue weighted by Crippen LogP contribution is -2.38. The van der Waals surface area contributed by atoms with Gasteiger partial charge in [0.2, 0.25) is 0 Å². The van der Waals surface area contributed by atoms with Crippen molar-refractivity contribution in [1.82, 2.24) is 15.1 Å². The fourth-order valence-electron chi connectivity index (χ4n) is 1.32. The van der Waals surface area contributed by atoms with Gasteiger partial charge < -0.3 is 5.32 Å². The molecule has 0 unspecified atom stereocenters. The number of hydrogen-bond donors (Lipinski definition) is 1. The fourth-order valence-corrected chi connectivity index (χ4v) is 1.80. The van der Waals surface area contributed by atoms with Gasteiger partial charge in [0, 0.05) is 19.1 Å². The van der Waals surface area contributed by atoms with E-state index in [0.717, 1.165) is 23.1 Å². The molecule has 4 heteroatoms. The van der Waals surface area contributed by atoms with Crippen LogP contribution in [0.3, 0.4) is 0 Å². The van der Waals surface area contributed by atoms with Gasteiger partial charge in [-0.3, -0.25) is 4.68 Å². The second kappa shape index (κ2) is 4.66. The van der Waals surface area contributed by atoms with Gasteiger partial charge in [-0.2, -0.15) is 5.10 Å². The number of aryl methyl sites for hydroxylation is 2. The molecule has 0 aliphatic carbocycles. The third-order valence-corrected chi connectivity index (χ3v) is 3.91. The van der Waals surface area contributed by atoms with Gasteiger partial charge in [0.15, 0.2) is 0 Å². The van der Waals surface area contributed by atoms with E-state index in [2.05, 4.69) is 47.1 Å². The lowest BCUT2D eigenvalue weighted by atomic mass is 10.0. The van der Waals surface area contributed by atoms with Crippen LogP contribution in [0.5, 0.6) is 0 Å². The van der Waals surface area contributed by atoms with Gasteiger partial charge in [0.1, 0.15) is 0 Å². The summed E-state index contributed by atoms with van der Waals surface area (Å²) < 4.78 is 3.04. The maximum atomic E-state index is 4.37. The summed E-state index contributed by atoms with van der Waals surface area (Å²) in [5.74, 6) is 0. The Morgan fingerprint density at radius 2 is 2.07 bits per heavy atom. The van der Waals surface area contributed by atoms with E-state index in [1.807, 2.05) is 18.7 Å². The van der Waals surface area contributed by atoms with Gasteiger partial charge in [-0.25, -0.2) is 0 Å². The minimum Gasteiger partial charge on any atom is -0.306 e. The Kier molecular flexibility index (Phi) is 3.95. The van der Waals surface area contributed by atoms with Gasteiger partial charge in [-0.05, 0) is 43.1 Å². The quantitative estimate of drug-likeness (QED) is 0.915. The summed E-state index contributed by atoms with van der Waals surface area (Å²) in [6, 6.07) is 0. The SMILES string of the molecule is CCC(C)(C)NCc1c(Br)c(C)nn1C. The molecule has 3 nitrogen and oxygen atoms in total. The molecule has 1 heterocycles. The third-order valence-electron chi connectivity index (χ3n) is 2.88. The highest BCUT2D eigenvalue weighted by atomic mass is 79.9. The van der Waals surface area contributed by atoms with Gasteiger partial charge in [0.05, 0.1) is 15.9 Å².